The molecule has 1 heterocycles. The maximum Gasteiger partial charge on any atom is 0.262 e. The van der Waals surface area contributed by atoms with Crippen LogP contribution in [0.3, 0.4) is 0 Å². The van der Waals surface area contributed by atoms with Crippen LogP contribution in [0.5, 0.6) is 0 Å². The van der Waals surface area contributed by atoms with Crippen molar-refractivity contribution < 1.29 is 9.18 Å². The van der Waals surface area contributed by atoms with Crippen LogP contribution in [0.1, 0.15) is 41.8 Å². The third kappa shape index (κ3) is 2.77. The van der Waals surface area contributed by atoms with Gasteiger partial charge < -0.3 is 5.32 Å². The largest absolute Gasteiger partial charge is 0.333 e. The fraction of sp³-hybridized carbons (Fsp3) is 0.375. The molecule has 0 aliphatic heterocycles. The first kappa shape index (κ1) is 14.0. The van der Waals surface area contributed by atoms with Crippen molar-refractivity contribution in [3.63, 3.8) is 0 Å². The quantitative estimate of drug-likeness (QED) is 0.911. The molecule has 0 spiro atoms. The molecule has 21 heavy (non-hydrogen) atoms. The van der Waals surface area contributed by atoms with Crippen molar-refractivity contribution in [1.29, 1.82) is 5.26 Å². The van der Waals surface area contributed by atoms with Gasteiger partial charge in [0.15, 0.2) is 0 Å². The molecule has 0 radical (unpaired) electrons. The lowest BCUT2D eigenvalue weighted by Crippen LogP contribution is -2.48. The van der Waals surface area contributed by atoms with Gasteiger partial charge in [-0.2, -0.15) is 5.26 Å². The number of rotatable bonds is 2. The van der Waals surface area contributed by atoms with Gasteiger partial charge in [-0.05, 0) is 36.4 Å². The van der Waals surface area contributed by atoms with E-state index in [1.807, 2.05) is 0 Å². The SMILES string of the molecule is N#CC1(NC(=O)c2cc3ccc(F)cc3s2)CCCCC1. The summed E-state index contributed by atoms with van der Waals surface area (Å²) in [5, 5.41) is 13.1. The molecular formula is C16H15FN2OS. The van der Waals surface area contributed by atoms with E-state index in [1.165, 1.54) is 23.5 Å². The summed E-state index contributed by atoms with van der Waals surface area (Å²) in [7, 11) is 0. The van der Waals surface area contributed by atoms with Crippen molar-refractivity contribution in [2.45, 2.75) is 37.6 Å². The first-order chi connectivity index (χ1) is 10.1. The standard InChI is InChI=1S/C16H15FN2OS/c17-12-5-4-11-8-14(21-13(11)9-12)15(20)19-16(10-18)6-2-1-3-7-16/h4-5,8-9H,1-3,6-7H2,(H,19,20). The molecule has 1 N–H and O–H groups in total. The van der Waals surface area contributed by atoms with Gasteiger partial charge in [0.1, 0.15) is 11.4 Å². The maximum absolute atomic E-state index is 13.2. The Morgan fingerprint density at radius 1 is 1.29 bits per heavy atom. The van der Waals surface area contributed by atoms with E-state index in [9.17, 15) is 14.4 Å². The lowest BCUT2D eigenvalue weighted by atomic mass is 9.83. The Bertz CT molecular complexity index is 725. The highest BCUT2D eigenvalue weighted by atomic mass is 32.1. The highest BCUT2D eigenvalue weighted by Crippen LogP contribution is 2.30. The van der Waals surface area contributed by atoms with Gasteiger partial charge in [-0.15, -0.1) is 11.3 Å². The van der Waals surface area contributed by atoms with E-state index in [0.29, 0.717) is 17.7 Å². The number of carbonyl (C=O) groups excluding carboxylic acids is 1. The van der Waals surface area contributed by atoms with Crippen molar-refractivity contribution in [3.8, 4) is 6.07 Å². The molecule has 108 valence electrons. The Kier molecular flexibility index (Phi) is 3.64. The van der Waals surface area contributed by atoms with Gasteiger partial charge >= 0.3 is 0 Å². The topological polar surface area (TPSA) is 52.9 Å². The summed E-state index contributed by atoms with van der Waals surface area (Å²) >= 11 is 1.26. The summed E-state index contributed by atoms with van der Waals surface area (Å²) in [6, 6.07) is 8.50. The first-order valence-corrected chi connectivity index (χ1v) is 7.86. The number of nitrogens with one attached hydrogen (secondary N) is 1. The van der Waals surface area contributed by atoms with Gasteiger partial charge in [-0.3, -0.25) is 4.79 Å². The number of fused-ring (bicyclic) bond motifs is 1. The average Bonchev–Trinajstić information content (AvgIpc) is 2.91. The van der Waals surface area contributed by atoms with Gasteiger partial charge in [0, 0.05) is 4.70 Å². The molecule has 1 fully saturated rings. The second-order valence-corrected chi connectivity index (χ2v) is 6.59. The zero-order chi connectivity index (χ0) is 14.9. The predicted octanol–water partition coefficient (Wildman–Crippen LogP) is 4.00. The van der Waals surface area contributed by atoms with Crippen molar-refractivity contribution >= 4 is 27.3 Å². The van der Waals surface area contributed by atoms with Gasteiger partial charge in [-0.1, -0.05) is 25.3 Å². The first-order valence-electron chi connectivity index (χ1n) is 7.05. The molecule has 1 amide bonds. The molecule has 1 aromatic heterocycles. The van der Waals surface area contributed by atoms with Crippen LogP contribution in [-0.4, -0.2) is 11.4 Å². The Labute approximate surface area is 126 Å². The molecular weight excluding hydrogens is 287 g/mol. The molecule has 0 atom stereocenters. The second kappa shape index (κ2) is 5.45. The van der Waals surface area contributed by atoms with Crippen LogP contribution >= 0.6 is 11.3 Å². The number of halogens is 1. The lowest BCUT2D eigenvalue weighted by molar-refractivity contribution is 0.0907. The van der Waals surface area contributed by atoms with Crippen molar-refractivity contribution in [1.82, 2.24) is 5.32 Å². The average molecular weight is 302 g/mol. The van der Waals surface area contributed by atoms with Crippen LogP contribution in [0.4, 0.5) is 4.39 Å². The molecule has 5 heteroatoms. The lowest BCUT2D eigenvalue weighted by Gasteiger charge is -2.31. The summed E-state index contributed by atoms with van der Waals surface area (Å²) in [6.45, 7) is 0. The smallest absolute Gasteiger partial charge is 0.262 e. The van der Waals surface area contributed by atoms with E-state index in [0.717, 1.165) is 29.3 Å². The summed E-state index contributed by atoms with van der Waals surface area (Å²) in [5.74, 6) is -0.544. The number of benzene rings is 1. The van der Waals surface area contributed by atoms with E-state index >= 15 is 0 Å². The van der Waals surface area contributed by atoms with E-state index in [-0.39, 0.29) is 11.7 Å². The number of hydrogen-bond acceptors (Lipinski definition) is 3. The normalized spacial score (nSPS) is 17.3. The Morgan fingerprint density at radius 2 is 2.05 bits per heavy atom. The van der Waals surface area contributed by atoms with Gasteiger partial charge in [0.25, 0.3) is 5.91 Å². The third-order valence-corrected chi connectivity index (χ3v) is 5.08. The summed E-state index contributed by atoms with van der Waals surface area (Å²) < 4.78 is 13.9. The van der Waals surface area contributed by atoms with E-state index in [2.05, 4.69) is 11.4 Å². The van der Waals surface area contributed by atoms with E-state index in [4.69, 9.17) is 0 Å². The van der Waals surface area contributed by atoms with Crippen LogP contribution in [0.2, 0.25) is 0 Å². The van der Waals surface area contributed by atoms with Gasteiger partial charge in [0.2, 0.25) is 0 Å². The molecule has 1 saturated carbocycles. The Morgan fingerprint density at radius 3 is 2.76 bits per heavy atom. The number of thiophene rings is 1. The molecule has 3 nitrogen and oxygen atoms in total. The van der Waals surface area contributed by atoms with Crippen molar-refractivity contribution in [2.75, 3.05) is 0 Å². The molecule has 1 aliphatic carbocycles. The summed E-state index contributed by atoms with van der Waals surface area (Å²) in [5.41, 5.74) is -0.739. The zero-order valence-corrected chi connectivity index (χ0v) is 12.3. The Balaban J connectivity index is 1.85. The zero-order valence-electron chi connectivity index (χ0n) is 11.5. The van der Waals surface area contributed by atoms with Crippen LogP contribution in [-0.2, 0) is 0 Å². The van der Waals surface area contributed by atoms with Crippen LogP contribution in [0.25, 0.3) is 10.1 Å². The molecule has 0 unspecified atom stereocenters. The number of carbonyl (C=O) groups is 1. The minimum Gasteiger partial charge on any atom is -0.333 e. The van der Waals surface area contributed by atoms with Crippen LogP contribution < -0.4 is 5.32 Å². The molecule has 1 aliphatic rings. The number of amides is 1. The number of nitriles is 1. The van der Waals surface area contributed by atoms with E-state index in [1.54, 1.807) is 12.1 Å². The van der Waals surface area contributed by atoms with Crippen molar-refractivity contribution in [3.05, 3.63) is 35.0 Å². The minimum atomic E-state index is -0.739. The third-order valence-electron chi connectivity index (χ3n) is 3.98. The fourth-order valence-electron chi connectivity index (χ4n) is 2.82. The molecule has 2 aromatic rings. The van der Waals surface area contributed by atoms with Gasteiger partial charge in [0.05, 0.1) is 10.9 Å². The number of hydrogen-bond donors (Lipinski definition) is 1. The Hall–Kier alpha value is -1.93. The summed E-state index contributed by atoms with van der Waals surface area (Å²) in [4.78, 5) is 12.9. The monoisotopic (exact) mass is 302 g/mol. The minimum absolute atomic E-state index is 0.236. The molecule has 1 aromatic carbocycles. The van der Waals surface area contributed by atoms with Crippen LogP contribution in [0.15, 0.2) is 24.3 Å². The van der Waals surface area contributed by atoms with Gasteiger partial charge in [-0.25, -0.2) is 4.39 Å². The summed E-state index contributed by atoms with van der Waals surface area (Å²) in [6.07, 6.45) is 4.45. The second-order valence-electron chi connectivity index (χ2n) is 5.50. The van der Waals surface area contributed by atoms with Crippen molar-refractivity contribution in [2.24, 2.45) is 0 Å². The van der Waals surface area contributed by atoms with Crippen LogP contribution in [0, 0.1) is 17.1 Å². The van der Waals surface area contributed by atoms with E-state index < -0.39 is 5.54 Å². The molecule has 0 saturated heterocycles. The highest BCUT2D eigenvalue weighted by Gasteiger charge is 2.34. The highest BCUT2D eigenvalue weighted by molar-refractivity contribution is 7.20. The molecule has 0 bridgehead atoms. The molecule has 3 rings (SSSR count). The maximum atomic E-state index is 13.2. The fourth-order valence-corrected chi connectivity index (χ4v) is 3.80. The predicted molar refractivity (Wildman–Crippen MR) is 80.7 cm³/mol. The number of nitrogens with zero attached hydrogens (tertiary/aromatic N) is 1.